The molecule has 0 aliphatic rings. The summed E-state index contributed by atoms with van der Waals surface area (Å²) in [6.45, 7) is 4.49. The van der Waals surface area contributed by atoms with E-state index in [-0.39, 0.29) is 0 Å². The molecule has 1 aromatic rings. The maximum absolute atomic E-state index is 5.22. The molecule has 0 fully saturated rings. The molecule has 0 radical (unpaired) electrons. The highest BCUT2D eigenvalue weighted by Gasteiger charge is 1.92. The number of hydrogen-bond donors (Lipinski definition) is 1. The van der Waals surface area contributed by atoms with Crippen LogP contribution in [0.5, 0.6) is 0 Å². The van der Waals surface area contributed by atoms with Crippen molar-refractivity contribution in [3.8, 4) is 0 Å². The molecule has 4 heteroatoms. The Hall–Kier alpha value is -0.610. The Labute approximate surface area is 93.0 Å². The smallest absolute Gasteiger partial charge is 0.125 e. The minimum Gasteiger partial charge on any atom is -0.382 e. The SMILES string of the molecule is CCOCCCNc1ccc(Br)cn1. The van der Waals surface area contributed by atoms with Crippen molar-refractivity contribution in [3.05, 3.63) is 22.8 Å². The summed E-state index contributed by atoms with van der Waals surface area (Å²) in [5.41, 5.74) is 0. The van der Waals surface area contributed by atoms with Gasteiger partial charge in [0.05, 0.1) is 0 Å². The molecule has 0 saturated carbocycles. The van der Waals surface area contributed by atoms with E-state index in [2.05, 4.69) is 26.2 Å². The third-order valence-electron chi connectivity index (χ3n) is 1.70. The lowest BCUT2D eigenvalue weighted by atomic mass is 10.4. The molecule has 0 aliphatic heterocycles. The molecule has 1 aromatic heterocycles. The first-order valence-electron chi connectivity index (χ1n) is 4.76. The van der Waals surface area contributed by atoms with Gasteiger partial charge < -0.3 is 10.1 Å². The second kappa shape index (κ2) is 6.79. The number of hydrogen-bond acceptors (Lipinski definition) is 3. The Kier molecular flexibility index (Phi) is 5.56. The van der Waals surface area contributed by atoms with Crippen molar-refractivity contribution in [3.63, 3.8) is 0 Å². The Morgan fingerprint density at radius 2 is 2.36 bits per heavy atom. The highest BCUT2D eigenvalue weighted by molar-refractivity contribution is 9.10. The van der Waals surface area contributed by atoms with Crippen molar-refractivity contribution < 1.29 is 4.74 Å². The molecular weight excluding hydrogens is 244 g/mol. The van der Waals surface area contributed by atoms with Crippen LogP contribution < -0.4 is 5.32 Å². The van der Waals surface area contributed by atoms with Crippen molar-refractivity contribution in [1.82, 2.24) is 4.98 Å². The highest BCUT2D eigenvalue weighted by Crippen LogP contribution is 2.10. The van der Waals surface area contributed by atoms with E-state index in [1.54, 1.807) is 6.20 Å². The van der Waals surface area contributed by atoms with E-state index in [9.17, 15) is 0 Å². The Morgan fingerprint density at radius 3 is 3.00 bits per heavy atom. The van der Waals surface area contributed by atoms with Crippen LogP contribution in [0, 0.1) is 0 Å². The van der Waals surface area contributed by atoms with Gasteiger partial charge in [-0.1, -0.05) is 0 Å². The average molecular weight is 259 g/mol. The summed E-state index contributed by atoms with van der Waals surface area (Å²) in [7, 11) is 0. The lowest BCUT2D eigenvalue weighted by Gasteiger charge is -2.05. The predicted molar refractivity (Wildman–Crippen MR) is 61.5 cm³/mol. The van der Waals surface area contributed by atoms with Gasteiger partial charge in [0.25, 0.3) is 0 Å². The zero-order valence-electron chi connectivity index (χ0n) is 8.29. The van der Waals surface area contributed by atoms with E-state index in [1.165, 1.54) is 0 Å². The zero-order valence-corrected chi connectivity index (χ0v) is 9.88. The second-order valence-corrected chi connectivity index (χ2v) is 3.75. The number of halogens is 1. The normalized spacial score (nSPS) is 10.1. The first-order valence-corrected chi connectivity index (χ1v) is 5.55. The third kappa shape index (κ3) is 4.58. The van der Waals surface area contributed by atoms with Gasteiger partial charge in [0.2, 0.25) is 0 Å². The van der Waals surface area contributed by atoms with Crippen LogP contribution in [0.2, 0.25) is 0 Å². The molecule has 0 aliphatic carbocycles. The predicted octanol–water partition coefficient (Wildman–Crippen LogP) is 2.68. The van der Waals surface area contributed by atoms with Crippen LogP contribution in [0.25, 0.3) is 0 Å². The maximum Gasteiger partial charge on any atom is 0.125 e. The number of nitrogens with zero attached hydrogens (tertiary/aromatic N) is 1. The minimum atomic E-state index is 0.788. The molecule has 0 unspecified atom stereocenters. The van der Waals surface area contributed by atoms with Gasteiger partial charge in [-0.3, -0.25) is 0 Å². The molecule has 1 N–H and O–H groups in total. The van der Waals surface area contributed by atoms with Gasteiger partial charge in [-0.25, -0.2) is 4.98 Å². The van der Waals surface area contributed by atoms with Crippen LogP contribution >= 0.6 is 15.9 Å². The molecule has 1 rings (SSSR count). The van der Waals surface area contributed by atoms with Crippen LogP contribution in [0.3, 0.4) is 0 Å². The topological polar surface area (TPSA) is 34.1 Å². The van der Waals surface area contributed by atoms with Crippen LogP contribution in [-0.4, -0.2) is 24.7 Å². The standard InChI is InChI=1S/C10H15BrN2O/c1-2-14-7-3-6-12-10-5-4-9(11)8-13-10/h4-5,8H,2-3,6-7H2,1H3,(H,12,13). The number of ether oxygens (including phenoxy) is 1. The van der Waals surface area contributed by atoms with E-state index in [0.29, 0.717) is 0 Å². The molecule has 0 amide bonds. The number of pyridine rings is 1. The molecule has 1 heterocycles. The first-order chi connectivity index (χ1) is 6.83. The van der Waals surface area contributed by atoms with Gasteiger partial charge in [-0.05, 0) is 41.4 Å². The summed E-state index contributed by atoms with van der Waals surface area (Å²) in [6, 6.07) is 3.92. The first kappa shape index (κ1) is 11.5. The van der Waals surface area contributed by atoms with Crippen molar-refractivity contribution in [2.75, 3.05) is 25.1 Å². The fourth-order valence-electron chi connectivity index (χ4n) is 1.02. The van der Waals surface area contributed by atoms with Crippen LogP contribution in [-0.2, 0) is 4.74 Å². The highest BCUT2D eigenvalue weighted by atomic mass is 79.9. The average Bonchev–Trinajstić information content (AvgIpc) is 2.21. The van der Waals surface area contributed by atoms with E-state index >= 15 is 0 Å². The molecule has 3 nitrogen and oxygen atoms in total. The van der Waals surface area contributed by atoms with Crippen LogP contribution in [0.15, 0.2) is 22.8 Å². The Bertz CT molecular complexity index is 251. The van der Waals surface area contributed by atoms with Crippen molar-refractivity contribution in [2.24, 2.45) is 0 Å². The van der Waals surface area contributed by atoms with E-state index in [1.807, 2.05) is 19.1 Å². The fourth-order valence-corrected chi connectivity index (χ4v) is 1.25. The molecule has 0 bridgehead atoms. The summed E-state index contributed by atoms with van der Waals surface area (Å²) in [5, 5.41) is 3.22. The van der Waals surface area contributed by atoms with Crippen molar-refractivity contribution in [2.45, 2.75) is 13.3 Å². The molecule has 0 aromatic carbocycles. The summed E-state index contributed by atoms with van der Waals surface area (Å²) >= 11 is 3.34. The van der Waals surface area contributed by atoms with Crippen LogP contribution in [0.4, 0.5) is 5.82 Å². The van der Waals surface area contributed by atoms with Gasteiger partial charge in [0.15, 0.2) is 0 Å². The summed E-state index contributed by atoms with van der Waals surface area (Å²) in [5.74, 6) is 0.907. The fraction of sp³-hybridized carbons (Fsp3) is 0.500. The Balaban J connectivity index is 2.15. The number of anilines is 1. The molecule has 0 spiro atoms. The number of rotatable bonds is 6. The quantitative estimate of drug-likeness (QED) is 0.797. The van der Waals surface area contributed by atoms with E-state index in [4.69, 9.17) is 4.74 Å². The van der Waals surface area contributed by atoms with Gasteiger partial charge in [-0.15, -0.1) is 0 Å². The molecule has 0 saturated heterocycles. The van der Waals surface area contributed by atoms with Crippen molar-refractivity contribution >= 4 is 21.7 Å². The lowest BCUT2D eigenvalue weighted by Crippen LogP contribution is -2.06. The minimum absolute atomic E-state index is 0.788. The van der Waals surface area contributed by atoms with E-state index in [0.717, 1.165) is 36.5 Å². The lowest BCUT2D eigenvalue weighted by molar-refractivity contribution is 0.147. The van der Waals surface area contributed by atoms with Gasteiger partial charge in [0, 0.05) is 30.4 Å². The second-order valence-electron chi connectivity index (χ2n) is 2.84. The van der Waals surface area contributed by atoms with Crippen LogP contribution in [0.1, 0.15) is 13.3 Å². The molecule has 14 heavy (non-hydrogen) atoms. The van der Waals surface area contributed by atoms with Gasteiger partial charge in [-0.2, -0.15) is 0 Å². The number of nitrogens with one attached hydrogen (secondary N) is 1. The van der Waals surface area contributed by atoms with E-state index < -0.39 is 0 Å². The zero-order chi connectivity index (χ0) is 10.2. The Morgan fingerprint density at radius 1 is 1.50 bits per heavy atom. The summed E-state index contributed by atoms with van der Waals surface area (Å²) < 4.78 is 6.22. The summed E-state index contributed by atoms with van der Waals surface area (Å²) in [6.07, 6.45) is 2.79. The van der Waals surface area contributed by atoms with Gasteiger partial charge in [0.1, 0.15) is 5.82 Å². The number of aromatic nitrogens is 1. The molecular formula is C10H15BrN2O. The maximum atomic E-state index is 5.22. The third-order valence-corrected chi connectivity index (χ3v) is 2.17. The van der Waals surface area contributed by atoms with Gasteiger partial charge >= 0.3 is 0 Å². The molecule has 0 atom stereocenters. The summed E-state index contributed by atoms with van der Waals surface area (Å²) in [4.78, 5) is 4.20. The van der Waals surface area contributed by atoms with Crippen molar-refractivity contribution in [1.29, 1.82) is 0 Å². The largest absolute Gasteiger partial charge is 0.382 e. The monoisotopic (exact) mass is 258 g/mol. The molecule has 78 valence electrons.